The third-order valence-corrected chi connectivity index (χ3v) is 5.89. The third-order valence-electron chi connectivity index (χ3n) is 4.92. The van der Waals surface area contributed by atoms with Crippen molar-refractivity contribution in [1.29, 1.82) is 0 Å². The number of amides is 2. The molecule has 0 spiro atoms. The van der Waals surface area contributed by atoms with E-state index in [-0.39, 0.29) is 24.9 Å². The van der Waals surface area contributed by atoms with E-state index in [9.17, 15) is 22.8 Å². The van der Waals surface area contributed by atoms with Crippen LogP contribution >= 0.6 is 11.8 Å². The molecule has 5 nitrogen and oxygen atoms in total. The van der Waals surface area contributed by atoms with Crippen molar-refractivity contribution < 1.29 is 22.8 Å². The Labute approximate surface area is 160 Å². The smallest absolute Gasteiger partial charge is 0.342 e. The first-order valence-corrected chi connectivity index (χ1v) is 10.1. The summed E-state index contributed by atoms with van der Waals surface area (Å²) < 4.78 is 37.3. The molecule has 9 heteroatoms. The van der Waals surface area contributed by atoms with Gasteiger partial charge in [0.1, 0.15) is 6.42 Å². The quantitative estimate of drug-likeness (QED) is 0.781. The molecule has 27 heavy (non-hydrogen) atoms. The lowest BCUT2D eigenvalue weighted by atomic mass is 9.89. The molecule has 0 bridgehead atoms. The van der Waals surface area contributed by atoms with E-state index in [0.717, 1.165) is 11.4 Å². The summed E-state index contributed by atoms with van der Waals surface area (Å²) in [4.78, 5) is 32.3. The molecule has 2 saturated heterocycles. The second-order valence-electron chi connectivity index (χ2n) is 6.94. The number of carbonyl (C=O) groups excluding carboxylic acids is 2. The van der Waals surface area contributed by atoms with Crippen LogP contribution in [0, 0.1) is 6.92 Å². The van der Waals surface area contributed by atoms with Crippen molar-refractivity contribution in [2.24, 2.45) is 0 Å². The SMILES string of the molecule is Cc1ccc(C(=O)N2CCSC2)c(C2CCN(C(=O)CC(F)(F)F)CC2)n1. The Morgan fingerprint density at radius 2 is 1.89 bits per heavy atom. The standard InChI is InChI=1S/C18H22F3N3O2S/c1-12-2-3-14(17(26)24-8-9-27-11-24)16(22-12)13-4-6-23(7-5-13)15(25)10-18(19,20)21/h2-3,13H,4-11H2,1H3. The van der Waals surface area contributed by atoms with E-state index in [1.165, 1.54) is 4.90 Å². The van der Waals surface area contributed by atoms with Crippen LogP contribution in [0.3, 0.4) is 0 Å². The fourth-order valence-corrected chi connectivity index (χ4v) is 4.44. The van der Waals surface area contributed by atoms with Crippen LogP contribution in [0.25, 0.3) is 0 Å². The molecule has 2 fully saturated rings. The number of hydrogen-bond donors (Lipinski definition) is 0. The zero-order valence-corrected chi connectivity index (χ0v) is 15.9. The van der Waals surface area contributed by atoms with Gasteiger partial charge in [0.05, 0.1) is 17.1 Å². The molecule has 0 unspecified atom stereocenters. The molecule has 0 radical (unpaired) electrons. The molecule has 1 aromatic rings. The highest BCUT2D eigenvalue weighted by molar-refractivity contribution is 7.99. The predicted octanol–water partition coefficient (Wildman–Crippen LogP) is 3.19. The topological polar surface area (TPSA) is 53.5 Å². The van der Waals surface area contributed by atoms with E-state index >= 15 is 0 Å². The summed E-state index contributed by atoms with van der Waals surface area (Å²) in [6.07, 6.45) is -4.89. The highest BCUT2D eigenvalue weighted by atomic mass is 32.2. The van der Waals surface area contributed by atoms with Crippen LogP contribution in [0.2, 0.25) is 0 Å². The second-order valence-corrected chi connectivity index (χ2v) is 8.01. The summed E-state index contributed by atoms with van der Waals surface area (Å²) in [5.41, 5.74) is 2.08. The van der Waals surface area contributed by atoms with Crippen molar-refractivity contribution in [3.05, 3.63) is 29.1 Å². The zero-order chi connectivity index (χ0) is 19.6. The molecule has 0 aromatic carbocycles. The fourth-order valence-electron chi connectivity index (χ4n) is 3.50. The first-order chi connectivity index (χ1) is 12.7. The van der Waals surface area contributed by atoms with Gasteiger partial charge in [-0.2, -0.15) is 13.2 Å². The molecule has 2 amide bonds. The van der Waals surface area contributed by atoms with Crippen LogP contribution in [0.5, 0.6) is 0 Å². The van der Waals surface area contributed by atoms with Crippen molar-refractivity contribution in [2.45, 2.75) is 38.3 Å². The Bertz CT molecular complexity index is 712. The molecule has 1 aromatic heterocycles. The molecule has 3 heterocycles. The van der Waals surface area contributed by atoms with E-state index in [1.54, 1.807) is 22.7 Å². The number of aromatic nitrogens is 1. The van der Waals surface area contributed by atoms with E-state index in [1.807, 2.05) is 13.0 Å². The van der Waals surface area contributed by atoms with E-state index in [0.29, 0.717) is 36.5 Å². The number of piperidine rings is 1. The average Bonchev–Trinajstić information content (AvgIpc) is 3.14. The van der Waals surface area contributed by atoms with E-state index < -0.39 is 18.5 Å². The van der Waals surface area contributed by atoms with Crippen molar-refractivity contribution in [3.63, 3.8) is 0 Å². The number of alkyl halides is 3. The second kappa shape index (κ2) is 8.08. The fraction of sp³-hybridized carbons (Fsp3) is 0.611. The Hall–Kier alpha value is -1.77. The number of aryl methyl sites for hydroxylation is 1. The lowest BCUT2D eigenvalue weighted by molar-refractivity contribution is -0.162. The maximum atomic E-state index is 12.8. The highest BCUT2D eigenvalue weighted by Crippen LogP contribution is 2.32. The van der Waals surface area contributed by atoms with Gasteiger partial charge in [-0.05, 0) is 31.9 Å². The van der Waals surface area contributed by atoms with Crippen LogP contribution in [-0.4, -0.2) is 64.0 Å². The highest BCUT2D eigenvalue weighted by Gasteiger charge is 2.35. The van der Waals surface area contributed by atoms with Crippen molar-refractivity contribution >= 4 is 23.6 Å². The zero-order valence-electron chi connectivity index (χ0n) is 15.1. The number of halogens is 3. The third kappa shape index (κ3) is 4.94. The number of carbonyl (C=O) groups is 2. The minimum absolute atomic E-state index is 0.0333. The maximum absolute atomic E-state index is 12.8. The molecule has 148 valence electrons. The minimum Gasteiger partial charge on any atom is -0.342 e. The summed E-state index contributed by atoms with van der Waals surface area (Å²) >= 11 is 1.71. The van der Waals surface area contributed by atoms with Gasteiger partial charge in [0.25, 0.3) is 5.91 Å². The Balaban J connectivity index is 1.71. The van der Waals surface area contributed by atoms with Gasteiger partial charge in [-0.1, -0.05) is 0 Å². The normalized spacial score (nSPS) is 18.8. The molecule has 2 aliphatic rings. The molecule has 0 saturated carbocycles. The summed E-state index contributed by atoms with van der Waals surface area (Å²) in [5.74, 6) is 0.618. The Kier molecular flexibility index (Phi) is 5.98. The van der Waals surface area contributed by atoms with Crippen molar-refractivity contribution in [3.8, 4) is 0 Å². The van der Waals surface area contributed by atoms with Crippen molar-refractivity contribution in [2.75, 3.05) is 31.3 Å². The van der Waals surface area contributed by atoms with Crippen LogP contribution in [0.15, 0.2) is 12.1 Å². The molecule has 0 aliphatic carbocycles. The Morgan fingerprint density at radius 3 is 2.48 bits per heavy atom. The van der Waals surface area contributed by atoms with E-state index in [2.05, 4.69) is 4.98 Å². The lowest BCUT2D eigenvalue weighted by Gasteiger charge is -2.33. The van der Waals surface area contributed by atoms with Gasteiger partial charge >= 0.3 is 6.18 Å². The van der Waals surface area contributed by atoms with Crippen LogP contribution in [0.4, 0.5) is 13.2 Å². The van der Waals surface area contributed by atoms with Crippen LogP contribution in [-0.2, 0) is 4.79 Å². The molecule has 0 N–H and O–H groups in total. The largest absolute Gasteiger partial charge is 0.397 e. The molecule has 0 atom stereocenters. The number of nitrogens with zero attached hydrogens (tertiary/aromatic N) is 3. The summed E-state index contributed by atoms with van der Waals surface area (Å²) in [5, 5.41) is 0. The van der Waals surface area contributed by atoms with Crippen LogP contribution in [0.1, 0.15) is 46.9 Å². The van der Waals surface area contributed by atoms with Crippen LogP contribution < -0.4 is 0 Å². The van der Waals surface area contributed by atoms with Gasteiger partial charge < -0.3 is 9.80 Å². The minimum atomic E-state index is -4.49. The summed E-state index contributed by atoms with van der Waals surface area (Å²) in [6.45, 7) is 3.07. The lowest BCUT2D eigenvalue weighted by Crippen LogP contribution is -2.40. The number of thioether (sulfide) groups is 1. The van der Waals surface area contributed by atoms with Gasteiger partial charge in [-0.25, -0.2) is 0 Å². The number of hydrogen-bond acceptors (Lipinski definition) is 4. The van der Waals surface area contributed by atoms with Gasteiger partial charge in [0.15, 0.2) is 0 Å². The van der Waals surface area contributed by atoms with Crippen molar-refractivity contribution in [1.82, 2.24) is 14.8 Å². The van der Waals surface area contributed by atoms with Gasteiger partial charge in [-0.15, -0.1) is 11.8 Å². The molecular formula is C18H22F3N3O2S. The number of rotatable bonds is 3. The molecule has 3 rings (SSSR count). The maximum Gasteiger partial charge on any atom is 0.397 e. The molecular weight excluding hydrogens is 379 g/mol. The molecule has 2 aliphatic heterocycles. The van der Waals surface area contributed by atoms with Gasteiger partial charge in [-0.3, -0.25) is 14.6 Å². The number of likely N-dealkylation sites (tertiary alicyclic amines) is 1. The first kappa shape index (κ1) is 20.0. The predicted molar refractivity (Wildman–Crippen MR) is 96.6 cm³/mol. The Morgan fingerprint density at radius 1 is 1.19 bits per heavy atom. The van der Waals surface area contributed by atoms with Gasteiger partial charge in [0.2, 0.25) is 5.91 Å². The summed E-state index contributed by atoms with van der Waals surface area (Å²) in [7, 11) is 0. The van der Waals surface area contributed by atoms with Gasteiger partial charge in [0, 0.05) is 37.0 Å². The number of pyridine rings is 1. The summed E-state index contributed by atoms with van der Waals surface area (Å²) in [6, 6.07) is 3.60. The average molecular weight is 401 g/mol. The van der Waals surface area contributed by atoms with E-state index in [4.69, 9.17) is 0 Å². The monoisotopic (exact) mass is 401 g/mol. The first-order valence-electron chi connectivity index (χ1n) is 8.93.